The minimum Gasteiger partial charge on any atom is -0.493 e. The fraction of sp³-hybridized carbons (Fsp3) is 0.458. The molecule has 2 aromatic rings. The Morgan fingerprint density at radius 2 is 2.09 bits per heavy atom. The van der Waals surface area contributed by atoms with Crippen molar-refractivity contribution in [1.82, 2.24) is 9.97 Å². The number of carbonyl (C=O) groups is 2. The van der Waals surface area contributed by atoms with Crippen LogP contribution in [0, 0.1) is 23.2 Å². The Balaban J connectivity index is 1.79. The topological polar surface area (TPSA) is 147 Å². The van der Waals surface area contributed by atoms with Gasteiger partial charge in [0, 0.05) is 24.6 Å². The van der Waals surface area contributed by atoms with Crippen molar-refractivity contribution in [2.45, 2.75) is 25.7 Å². The number of aromatic amines is 1. The Kier molecular flexibility index (Phi) is 6.91. The van der Waals surface area contributed by atoms with Crippen LogP contribution in [0.4, 0.5) is 11.8 Å². The van der Waals surface area contributed by atoms with E-state index in [1.807, 2.05) is 6.07 Å². The van der Waals surface area contributed by atoms with Gasteiger partial charge in [0.2, 0.25) is 11.9 Å². The Morgan fingerprint density at radius 3 is 2.77 bits per heavy atom. The van der Waals surface area contributed by atoms with E-state index in [1.54, 1.807) is 30.0 Å². The molecule has 35 heavy (non-hydrogen) atoms. The van der Waals surface area contributed by atoms with Crippen molar-refractivity contribution in [3.8, 4) is 17.6 Å². The molecule has 2 aliphatic heterocycles. The zero-order chi connectivity index (χ0) is 25.1. The maximum atomic E-state index is 13.4. The molecular weight excluding hydrogens is 454 g/mol. The summed E-state index contributed by atoms with van der Waals surface area (Å²) in [5.41, 5.74) is 0.138. The van der Waals surface area contributed by atoms with Crippen molar-refractivity contribution >= 4 is 23.6 Å². The van der Waals surface area contributed by atoms with Crippen LogP contribution in [0.2, 0.25) is 0 Å². The molecule has 3 atom stereocenters. The molecule has 4 rings (SSSR count). The summed E-state index contributed by atoms with van der Waals surface area (Å²) >= 11 is 0. The highest BCUT2D eigenvalue weighted by Crippen LogP contribution is 2.44. The van der Waals surface area contributed by atoms with Crippen LogP contribution in [0.3, 0.4) is 0 Å². The number of amides is 1. The monoisotopic (exact) mass is 481 g/mol. The number of hydrogen-bond acceptors (Lipinski definition) is 9. The van der Waals surface area contributed by atoms with E-state index in [0.29, 0.717) is 43.2 Å². The van der Waals surface area contributed by atoms with E-state index in [9.17, 15) is 19.6 Å². The van der Waals surface area contributed by atoms with Gasteiger partial charge >= 0.3 is 5.97 Å². The third-order valence-electron chi connectivity index (χ3n) is 6.36. The lowest BCUT2D eigenvalue weighted by molar-refractivity contribution is -0.148. The number of nitriles is 1. The van der Waals surface area contributed by atoms with Crippen LogP contribution in [0.1, 0.15) is 36.8 Å². The minimum absolute atomic E-state index is 0.0772. The van der Waals surface area contributed by atoms with Crippen LogP contribution in [-0.4, -0.2) is 55.8 Å². The van der Waals surface area contributed by atoms with Crippen LogP contribution >= 0.6 is 0 Å². The summed E-state index contributed by atoms with van der Waals surface area (Å²) in [6.07, 6.45) is 1.40. The van der Waals surface area contributed by atoms with Crippen LogP contribution in [0.25, 0.3) is 0 Å². The molecule has 0 radical (unpaired) electrons. The molecule has 3 heterocycles. The first kappa shape index (κ1) is 24.1. The first-order chi connectivity index (χ1) is 16.9. The third kappa shape index (κ3) is 4.39. The predicted molar refractivity (Wildman–Crippen MR) is 126 cm³/mol. The summed E-state index contributed by atoms with van der Waals surface area (Å²) in [6.45, 7) is 2.97. The molecule has 1 amide bonds. The number of nitrogens with one attached hydrogen (secondary N) is 2. The second-order valence-corrected chi connectivity index (χ2v) is 8.35. The van der Waals surface area contributed by atoms with Crippen molar-refractivity contribution in [1.29, 1.82) is 5.26 Å². The summed E-state index contributed by atoms with van der Waals surface area (Å²) in [4.78, 5) is 47.7. The molecule has 3 unspecified atom stereocenters. The number of para-hydroxylation sites is 1. The Bertz CT molecular complexity index is 1240. The molecule has 2 N–H and O–H groups in total. The fourth-order valence-corrected chi connectivity index (χ4v) is 4.76. The minimum atomic E-state index is -1.18. The summed E-state index contributed by atoms with van der Waals surface area (Å²) in [5, 5.41) is 12.4. The van der Waals surface area contributed by atoms with Gasteiger partial charge in [0.1, 0.15) is 11.7 Å². The molecule has 1 aromatic heterocycles. The molecule has 11 nitrogen and oxygen atoms in total. The van der Waals surface area contributed by atoms with Gasteiger partial charge in [0.05, 0.1) is 38.4 Å². The largest absolute Gasteiger partial charge is 0.493 e. The Hall–Kier alpha value is -4.07. The van der Waals surface area contributed by atoms with Gasteiger partial charge in [0.15, 0.2) is 11.5 Å². The maximum absolute atomic E-state index is 13.4. The lowest BCUT2D eigenvalue weighted by Gasteiger charge is -2.33. The van der Waals surface area contributed by atoms with E-state index in [0.717, 1.165) is 6.42 Å². The van der Waals surface area contributed by atoms with Crippen molar-refractivity contribution in [2.24, 2.45) is 11.8 Å². The van der Waals surface area contributed by atoms with E-state index >= 15 is 0 Å². The van der Waals surface area contributed by atoms with Crippen LogP contribution < -0.4 is 25.2 Å². The average Bonchev–Trinajstić information content (AvgIpc) is 2.87. The molecule has 1 saturated heterocycles. The number of ether oxygens (including phenoxy) is 3. The van der Waals surface area contributed by atoms with Gasteiger partial charge in [-0.2, -0.15) is 10.2 Å². The quantitative estimate of drug-likeness (QED) is 0.589. The lowest BCUT2D eigenvalue weighted by Crippen LogP contribution is -2.43. The number of benzene rings is 1. The predicted octanol–water partition coefficient (Wildman–Crippen LogP) is 1.79. The third-order valence-corrected chi connectivity index (χ3v) is 6.36. The highest BCUT2D eigenvalue weighted by molar-refractivity contribution is 5.98. The number of nitrogens with zero attached hydrogens (tertiary/aromatic N) is 3. The number of esters is 1. The van der Waals surface area contributed by atoms with E-state index in [1.165, 1.54) is 14.2 Å². The van der Waals surface area contributed by atoms with Crippen LogP contribution in [0.15, 0.2) is 23.0 Å². The standard InChI is InChI=1S/C24H27N5O6/c1-4-35-23(32)13-7-6-10-29(12-13)24-27-20-18(22(31)28-24)17(15(11-25)21(30)26-20)14-8-5-9-16(33-2)19(14)34-3/h5,8-9,13,15,17H,4,6-7,10,12H2,1-3H3,(H2,26,27,28,30,31). The van der Waals surface area contributed by atoms with E-state index in [2.05, 4.69) is 15.3 Å². The van der Waals surface area contributed by atoms with Gasteiger partial charge in [-0.05, 0) is 25.8 Å². The zero-order valence-corrected chi connectivity index (χ0v) is 19.8. The number of methoxy groups -OCH3 is 2. The van der Waals surface area contributed by atoms with E-state index < -0.39 is 23.3 Å². The number of anilines is 2. The van der Waals surface area contributed by atoms with Gasteiger partial charge in [-0.3, -0.25) is 19.4 Å². The molecule has 11 heteroatoms. The van der Waals surface area contributed by atoms with Gasteiger partial charge in [0.25, 0.3) is 5.56 Å². The number of H-pyrrole nitrogens is 1. The molecule has 1 fully saturated rings. The molecule has 0 aliphatic carbocycles. The van der Waals surface area contributed by atoms with E-state index in [4.69, 9.17) is 14.2 Å². The van der Waals surface area contributed by atoms with Gasteiger partial charge in [-0.25, -0.2) is 0 Å². The second kappa shape index (κ2) is 10.0. The number of fused-ring (bicyclic) bond motifs is 1. The second-order valence-electron chi connectivity index (χ2n) is 8.35. The number of hydrogen-bond donors (Lipinski definition) is 2. The first-order valence-corrected chi connectivity index (χ1v) is 11.4. The Labute approximate surface area is 202 Å². The molecule has 0 bridgehead atoms. The smallest absolute Gasteiger partial charge is 0.310 e. The number of piperidine rings is 1. The average molecular weight is 482 g/mol. The molecule has 1 aromatic carbocycles. The first-order valence-electron chi connectivity index (χ1n) is 11.4. The number of aromatic nitrogens is 2. The van der Waals surface area contributed by atoms with Crippen molar-refractivity contribution < 1.29 is 23.8 Å². The molecule has 184 valence electrons. The van der Waals surface area contributed by atoms with Crippen molar-refractivity contribution in [3.63, 3.8) is 0 Å². The summed E-state index contributed by atoms with van der Waals surface area (Å²) in [5.74, 6) is -2.23. The fourth-order valence-electron chi connectivity index (χ4n) is 4.76. The SMILES string of the molecule is CCOC(=O)C1CCCN(c2nc3c(c(=O)[nH]2)C(c2cccc(OC)c2OC)C(C#N)C(=O)N3)C1. The molecule has 2 aliphatic rings. The number of carbonyl (C=O) groups excluding carboxylic acids is 2. The van der Waals surface area contributed by atoms with Crippen molar-refractivity contribution in [3.05, 3.63) is 39.7 Å². The maximum Gasteiger partial charge on any atom is 0.310 e. The number of rotatable bonds is 6. The lowest BCUT2D eigenvalue weighted by atomic mass is 9.78. The zero-order valence-electron chi connectivity index (χ0n) is 19.8. The highest BCUT2D eigenvalue weighted by atomic mass is 16.5. The van der Waals surface area contributed by atoms with Crippen LogP contribution in [0.5, 0.6) is 11.5 Å². The summed E-state index contributed by atoms with van der Waals surface area (Å²) in [6, 6.07) is 7.11. The van der Waals surface area contributed by atoms with Gasteiger partial charge < -0.3 is 24.4 Å². The molecule has 0 spiro atoms. The van der Waals surface area contributed by atoms with E-state index in [-0.39, 0.29) is 29.2 Å². The van der Waals surface area contributed by atoms with Crippen molar-refractivity contribution in [2.75, 3.05) is 44.1 Å². The highest BCUT2D eigenvalue weighted by Gasteiger charge is 2.42. The van der Waals surface area contributed by atoms with Gasteiger partial charge in [-0.15, -0.1) is 0 Å². The normalized spacial score (nSPS) is 21.4. The van der Waals surface area contributed by atoms with Crippen LogP contribution in [-0.2, 0) is 14.3 Å². The van der Waals surface area contributed by atoms with Gasteiger partial charge in [-0.1, -0.05) is 12.1 Å². The molecule has 0 saturated carbocycles. The molecular formula is C24H27N5O6. The summed E-state index contributed by atoms with van der Waals surface area (Å²) < 4.78 is 16.1. The summed E-state index contributed by atoms with van der Waals surface area (Å²) in [7, 11) is 2.93. The Morgan fingerprint density at radius 1 is 1.29 bits per heavy atom.